The molecule has 5 nitrogen and oxygen atoms in total. The van der Waals surface area contributed by atoms with Crippen molar-refractivity contribution < 1.29 is 18.8 Å². The maximum absolute atomic E-state index is 11.7. The van der Waals surface area contributed by atoms with Gasteiger partial charge in [-0.05, 0) is 0 Å². The molecule has 1 aliphatic heterocycles. The Morgan fingerprint density at radius 2 is 2.12 bits per heavy atom. The molecule has 0 amide bonds. The molecule has 16 heavy (non-hydrogen) atoms. The highest BCUT2D eigenvalue weighted by molar-refractivity contribution is 7.85. The number of ether oxygens (including phenoxy) is 1. The Hall–Kier alpha value is -0.460. The molecule has 2 unspecified atom stereocenters. The summed E-state index contributed by atoms with van der Waals surface area (Å²) in [5.41, 5.74) is 0. The van der Waals surface area contributed by atoms with Crippen molar-refractivity contribution in [1.29, 1.82) is 0 Å². The van der Waals surface area contributed by atoms with Gasteiger partial charge in [0.05, 0.1) is 19.6 Å². The van der Waals surface area contributed by atoms with Crippen LogP contribution in [0.25, 0.3) is 0 Å². The summed E-state index contributed by atoms with van der Waals surface area (Å²) in [6, 6.07) is 0. The molecule has 1 fully saturated rings. The standard InChI is InChI=1S/C10H19NO4S/c1-9(8-10(12)13)16(14)7-4-11-2-5-15-6-3-11/h9H,2-8H2,1H3,(H,12,13). The van der Waals surface area contributed by atoms with Crippen LogP contribution in [0.5, 0.6) is 0 Å². The number of rotatable bonds is 6. The van der Waals surface area contributed by atoms with Gasteiger partial charge in [-0.15, -0.1) is 0 Å². The molecule has 0 bridgehead atoms. The summed E-state index contributed by atoms with van der Waals surface area (Å²) < 4.78 is 16.9. The van der Waals surface area contributed by atoms with E-state index in [1.165, 1.54) is 0 Å². The zero-order valence-electron chi connectivity index (χ0n) is 9.55. The second-order valence-electron chi connectivity index (χ2n) is 3.95. The number of carboxylic acids is 1. The highest BCUT2D eigenvalue weighted by atomic mass is 32.2. The summed E-state index contributed by atoms with van der Waals surface area (Å²) in [6.07, 6.45) is -0.0181. The van der Waals surface area contributed by atoms with Crippen LogP contribution in [-0.4, -0.2) is 64.0 Å². The molecule has 0 radical (unpaired) electrons. The van der Waals surface area contributed by atoms with Gasteiger partial charge in [0.1, 0.15) is 0 Å². The first kappa shape index (κ1) is 13.6. The van der Waals surface area contributed by atoms with Crippen LogP contribution in [0.4, 0.5) is 0 Å². The van der Waals surface area contributed by atoms with Gasteiger partial charge in [0.15, 0.2) is 0 Å². The number of carbonyl (C=O) groups is 1. The van der Waals surface area contributed by atoms with Crippen molar-refractivity contribution in [2.75, 3.05) is 38.6 Å². The first-order valence-corrected chi connectivity index (χ1v) is 6.87. The van der Waals surface area contributed by atoms with Gasteiger partial charge in [0.25, 0.3) is 0 Å². The lowest BCUT2D eigenvalue weighted by atomic mass is 10.3. The molecule has 0 aromatic carbocycles. The molecule has 1 heterocycles. The van der Waals surface area contributed by atoms with Crippen LogP contribution in [-0.2, 0) is 20.3 Å². The predicted molar refractivity (Wildman–Crippen MR) is 62.0 cm³/mol. The normalized spacial score (nSPS) is 21.6. The van der Waals surface area contributed by atoms with Gasteiger partial charge in [-0.1, -0.05) is 6.92 Å². The van der Waals surface area contributed by atoms with Gasteiger partial charge >= 0.3 is 5.97 Å². The van der Waals surface area contributed by atoms with Crippen molar-refractivity contribution in [2.24, 2.45) is 0 Å². The Kier molecular flexibility index (Phi) is 5.94. The van der Waals surface area contributed by atoms with Gasteiger partial charge in [-0.25, -0.2) is 0 Å². The highest BCUT2D eigenvalue weighted by Gasteiger charge is 2.17. The Bertz CT molecular complexity index is 253. The lowest BCUT2D eigenvalue weighted by Gasteiger charge is -2.26. The third kappa shape index (κ3) is 5.05. The zero-order chi connectivity index (χ0) is 12.0. The molecule has 1 saturated heterocycles. The van der Waals surface area contributed by atoms with E-state index in [2.05, 4.69) is 4.90 Å². The largest absolute Gasteiger partial charge is 0.481 e. The quantitative estimate of drug-likeness (QED) is 0.714. The first-order valence-electron chi connectivity index (χ1n) is 5.48. The van der Waals surface area contributed by atoms with Crippen LogP contribution < -0.4 is 0 Å². The topological polar surface area (TPSA) is 66.8 Å². The summed E-state index contributed by atoms with van der Waals surface area (Å²) in [6.45, 7) is 5.72. The second kappa shape index (κ2) is 6.98. The number of morpholine rings is 1. The predicted octanol–water partition coefficient (Wildman–Crippen LogP) is -0.0695. The van der Waals surface area contributed by atoms with Crippen LogP contribution in [0.3, 0.4) is 0 Å². The zero-order valence-corrected chi connectivity index (χ0v) is 10.4. The van der Waals surface area contributed by atoms with Crippen LogP contribution >= 0.6 is 0 Å². The Balaban J connectivity index is 2.20. The maximum atomic E-state index is 11.7. The molecule has 0 spiro atoms. The summed E-state index contributed by atoms with van der Waals surface area (Å²) >= 11 is 0. The van der Waals surface area contributed by atoms with E-state index in [0.717, 1.165) is 32.8 Å². The van der Waals surface area contributed by atoms with Crippen molar-refractivity contribution in [1.82, 2.24) is 4.90 Å². The van der Waals surface area contributed by atoms with E-state index in [4.69, 9.17) is 9.84 Å². The van der Waals surface area contributed by atoms with Crippen molar-refractivity contribution in [3.63, 3.8) is 0 Å². The molecule has 1 rings (SSSR count). The van der Waals surface area contributed by atoms with E-state index in [1.807, 2.05) is 0 Å². The maximum Gasteiger partial charge on any atom is 0.304 e. The average molecular weight is 249 g/mol. The number of aliphatic carboxylic acids is 1. The summed E-state index contributed by atoms with van der Waals surface area (Å²) in [5, 5.41) is 8.32. The lowest BCUT2D eigenvalue weighted by Crippen LogP contribution is -2.39. The molecule has 1 aliphatic rings. The van der Waals surface area contributed by atoms with Crippen molar-refractivity contribution in [3.8, 4) is 0 Å². The minimum atomic E-state index is -1.05. The summed E-state index contributed by atoms with van der Waals surface area (Å²) in [7, 11) is -1.05. The number of carboxylic acid groups (broad SMARTS) is 1. The van der Waals surface area contributed by atoms with E-state index in [1.54, 1.807) is 6.92 Å². The monoisotopic (exact) mass is 249 g/mol. The minimum absolute atomic E-state index is 0.0181. The molecule has 0 aromatic heterocycles. The van der Waals surface area contributed by atoms with Crippen LogP contribution in [0, 0.1) is 0 Å². The molecule has 94 valence electrons. The van der Waals surface area contributed by atoms with E-state index >= 15 is 0 Å². The van der Waals surface area contributed by atoms with Gasteiger partial charge < -0.3 is 9.84 Å². The van der Waals surface area contributed by atoms with Gasteiger partial charge in [-0.3, -0.25) is 13.9 Å². The third-order valence-electron chi connectivity index (χ3n) is 2.62. The Labute approximate surface area is 98.2 Å². The molecule has 1 N–H and O–H groups in total. The number of hydrogen-bond acceptors (Lipinski definition) is 4. The Morgan fingerprint density at radius 3 is 2.69 bits per heavy atom. The minimum Gasteiger partial charge on any atom is -0.481 e. The summed E-state index contributed by atoms with van der Waals surface area (Å²) in [5.74, 6) is -0.332. The molecular weight excluding hydrogens is 230 g/mol. The van der Waals surface area contributed by atoms with E-state index in [-0.39, 0.29) is 11.7 Å². The smallest absolute Gasteiger partial charge is 0.304 e. The van der Waals surface area contributed by atoms with Gasteiger partial charge in [0.2, 0.25) is 0 Å². The van der Waals surface area contributed by atoms with Gasteiger partial charge in [0, 0.05) is 41.4 Å². The van der Waals surface area contributed by atoms with Crippen molar-refractivity contribution >= 4 is 16.8 Å². The molecule has 0 aromatic rings. The second-order valence-corrected chi connectivity index (χ2v) is 5.92. The van der Waals surface area contributed by atoms with E-state index in [9.17, 15) is 9.00 Å². The number of hydrogen-bond donors (Lipinski definition) is 1. The van der Waals surface area contributed by atoms with Crippen molar-refractivity contribution in [3.05, 3.63) is 0 Å². The van der Waals surface area contributed by atoms with Gasteiger partial charge in [-0.2, -0.15) is 0 Å². The highest BCUT2D eigenvalue weighted by Crippen LogP contribution is 2.04. The first-order chi connectivity index (χ1) is 7.59. The Morgan fingerprint density at radius 1 is 1.50 bits per heavy atom. The molecule has 0 aliphatic carbocycles. The molecule has 6 heteroatoms. The molecular formula is C10H19NO4S. The lowest BCUT2D eigenvalue weighted by molar-refractivity contribution is -0.136. The van der Waals surface area contributed by atoms with Crippen molar-refractivity contribution in [2.45, 2.75) is 18.6 Å². The van der Waals surface area contributed by atoms with E-state index in [0.29, 0.717) is 5.75 Å². The van der Waals surface area contributed by atoms with Crippen LogP contribution in [0.2, 0.25) is 0 Å². The SMILES string of the molecule is CC(CC(=O)O)S(=O)CCN1CCOCC1. The fourth-order valence-corrected chi connectivity index (χ4v) is 2.75. The fraction of sp³-hybridized carbons (Fsp3) is 0.900. The van der Waals surface area contributed by atoms with E-state index < -0.39 is 16.8 Å². The molecule has 2 atom stereocenters. The number of nitrogens with zero attached hydrogens (tertiary/aromatic N) is 1. The fourth-order valence-electron chi connectivity index (χ4n) is 1.58. The molecule has 0 saturated carbocycles. The van der Waals surface area contributed by atoms with Crippen LogP contribution in [0.15, 0.2) is 0 Å². The average Bonchev–Trinajstić information content (AvgIpc) is 2.26. The summed E-state index contributed by atoms with van der Waals surface area (Å²) in [4.78, 5) is 12.7. The van der Waals surface area contributed by atoms with Crippen LogP contribution in [0.1, 0.15) is 13.3 Å². The third-order valence-corrected chi connectivity index (χ3v) is 4.27.